The molecule has 21 heavy (non-hydrogen) atoms. The number of carbonyl (C=O) groups is 1. The van der Waals surface area contributed by atoms with Crippen LogP contribution < -0.4 is 10.6 Å². The van der Waals surface area contributed by atoms with Crippen molar-refractivity contribution in [1.29, 1.82) is 0 Å². The predicted molar refractivity (Wildman–Crippen MR) is 84.5 cm³/mol. The van der Waals surface area contributed by atoms with Crippen molar-refractivity contribution >= 4 is 17.4 Å². The summed E-state index contributed by atoms with van der Waals surface area (Å²) in [4.78, 5) is 16.3. The number of carbonyl (C=O) groups excluding carboxylic acids is 1. The summed E-state index contributed by atoms with van der Waals surface area (Å²) in [5, 5.41) is 8.84. The molecule has 1 heterocycles. The van der Waals surface area contributed by atoms with E-state index in [1.807, 2.05) is 12.3 Å². The Bertz CT molecular complexity index is 430. The molecular formula is C15H25N3O2S. The Morgan fingerprint density at radius 2 is 2.29 bits per heavy atom. The highest BCUT2D eigenvalue weighted by atomic mass is 32.1. The maximum atomic E-state index is 12.0. The van der Waals surface area contributed by atoms with E-state index in [0.717, 1.165) is 24.6 Å². The fourth-order valence-electron chi connectivity index (χ4n) is 2.98. The van der Waals surface area contributed by atoms with Gasteiger partial charge in [0.15, 0.2) is 0 Å². The SMILES string of the molecule is COCCC1(CNC(=O)N[C@@H](C)c2nccs2)CCCC1. The maximum absolute atomic E-state index is 12.0. The fraction of sp³-hybridized carbons (Fsp3) is 0.733. The summed E-state index contributed by atoms with van der Waals surface area (Å²) in [6, 6.07) is -0.162. The van der Waals surface area contributed by atoms with Crippen LogP contribution in [0.1, 0.15) is 50.1 Å². The highest BCUT2D eigenvalue weighted by Crippen LogP contribution is 2.40. The Labute approximate surface area is 130 Å². The van der Waals surface area contributed by atoms with Gasteiger partial charge in [0.2, 0.25) is 0 Å². The first-order chi connectivity index (χ1) is 10.2. The minimum atomic E-state index is -0.110. The van der Waals surface area contributed by atoms with Gasteiger partial charge in [0.05, 0.1) is 6.04 Å². The molecule has 2 N–H and O–H groups in total. The van der Waals surface area contributed by atoms with Crippen molar-refractivity contribution in [1.82, 2.24) is 15.6 Å². The number of urea groups is 1. The summed E-state index contributed by atoms with van der Waals surface area (Å²) < 4.78 is 5.21. The molecule has 0 unspecified atom stereocenters. The Hall–Kier alpha value is -1.14. The molecule has 118 valence electrons. The van der Waals surface area contributed by atoms with Gasteiger partial charge in [0.25, 0.3) is 0 Å². The van der Waals surface area contributed by atoms with Crippen molar-refractivity contribution in [3.8, 4) is 0 Å². The van der Waals surface area contributed by atoms with Crippen LogP contribution in [-0.2, 0) is 4.74 Å². The van der Waals surface area contributed by atoms with Crippen LogP contribution in [0.2, 0.25) is 0 Å². The van der Waals surface area contributed by atoms with Crippen LogP contribution in [0.4, 0.5) is 4.79 Å². The lowest BCUT2D eigenvalue weighted by molar-refractivity contribution is 0.135. The second-order valence-electron chi connectivity index (χ2n) is 5.87. The van der Waals surface area contributed by atoms with Crippen LogP contribution in [-0.4, -0.2) is 31.3 Å². The van der Waals surface area contributed by atoms with E-state index < -0.39 is 0 Å². The third-order valence-electron chi connectivity index (χ3n) is 4.29. The van der Waals surface area contributed by atoms with Crippen LogP contribution in [0, 0.1) is 5.41 Å². The molecule has 1 aromatic rings. The number of nitrogens with zero attached hydrogens (tertiary/aromatic N) is 1. The van der Waals surface area contributed by atoms with Gasteiger partial charge in [-0.25, -0.2) is 9.78 Å². The number of aromatic nitrogens is 1. The van der Waals surface area contributed by atoms with E-state index in [1.165, 1.54) is 25.7 Å². The number of nitrogens with one attached hydrogen (secondary N) is 2. The molecule has 6 heteroatoms. The van der Waals surface area contributed by atoms with Gasteiger partial charge in [-0.3, -0.25) is 0 Å². The molecule has 0 spiro atoms. The summed E-state index contributed by atoms with van der Waals surface area (Å²) in [5.74, 6) is 0. The van der Waals surface area contributed by atoms with E-state index in [0.29, 0.717) is 0 Å². The van der Waals surface area contributed by atoms with Crippen molar-refractivity contribution in [2.75, 3.05) is 20.3 Å². The molecule has 1 fully saturated rings. The van der Waals surface area contributed by atoms with E-state index in [9.17, 15) is 4.79 Å². The van der Waals surface area contributed by atoms with E-state index in [-0.39, 0.29) is 17.5 Å². The lowest BCUT2D eigenvalue weighted by Crippen LogP contribution is -2.43. The molecule has 1 aliphatic rings. The molecule has 0 radical (unpaired) electrons. The standard InChI is InChI=1S/C15H25N3O2S/c1-12(13-16-8-10-21-13)18-14(19)17-11-15(7-9-20-2)5-3-4-6-15/h8,10,12H,3-7,9,11H2,1-2H3,(H2,17,18,19)/t12-/m0/s1. The lowest BCUT2D eigenvalue weighted by Gasteiger charge is -2.29. The molecule has 5 nitrogen and oxygen atoms in total. The average Bonchev–Trinajstić information content (AvgIpc) is 3.15. The molecule has 0 bridgehead atoms. The number of amides is 2. The Kier molecular flexibility index (Phi) is 5.99. The van der Waals surface area contributed by atoms with Gasteiger partial charge >= 0.3 is 6.03 Å². The molecule has 1 aromatic heterocycles. The van der Waals surface area contributed by atoms with Gasteiger partial charge in [-0.15, -0.1) is 11.3 Å². The van der Waals surface area contributed by atoms with Crippen LogP contribution in [0.3, 0.4) is 0 Å². The minimum Gasteiger partial charge on any atom is -0.385 e. The second kappa shape index (κ2) is 7.75. The number of methoxy groups -OCH3 is 1. The predicted octanol–water partition coefficient (Wildman–Crippen LogP) is 3.10. The summed E-state index contributed by atoms with van der Waals surface area (Å²) in [5.41, 5.74) is 0.220. The second-order valence-corrected chi connectivity index (χ2v) is 6.80. The van der Waals surface area contributed by atoms with Crippen LogP contribution in [0.25, 0.3) is 0 Å². The number of hydrogen-bond donors (Lipinski definition) is 2. The Balaban J connectivity index is 1.79. The third kappa shape index (κ3) is 4.68. The number of hydrogen-bond acceptors (Lipinski definition) is 4. The number of rotatable bonds is 7. The highest BCUT2D eigenvalue weighted by molar-refractivity contribution is 7.09. The first-order valence-corrected chi connectivity index (χ1v) is 8.46. The molecule has 2 amide bonds. The maximum Gasteiger partial charge on any atom is 0.315 e. The van der Waals surface area contributed by atoms with Gasteiger partial charge in [-0.1, -0.05) is 12.8 Å². The molecule has 0 aromatic carbocycles. The molecule has 2 rings (SSSR count). The van der Waals surface area contributed by atoms with Gasteiger partial charge in [0.1, 0.15) is 5.01 Å². The molecule has 0 aliphatic heterocycles. The van der Waals surface area contributed by atoms with Gasteiger partial charge in [0, 0.05) is 31.8 Å². The van der Waals surface area contributed by atoms with Gasteiger partial charge in [-0.05, 0) is 31.6 Å². The molecule has 1 atom stereocenters. The summed E-state index contributed by atoms with van der Waals surface area (Å²) in [6.45, 7) is 3.44. The Morgan fingerprint density at radius 3 is 2.90 bits per heavy atom. The van der Waals surface area contributed by atoms with E-state index >= 15 is 0 Å². The minimum absolute atomic E-state index is 0.0523. The van der Waals surface area contributed by atoms with Crippen LogP contribution >= 0.6 is 11.3 Å². The number of ether oxygens (including phenoxy) is 1. The average molecular weight is 311 g/mol. The molecule has 1 aliphatic carbocycles. The van der Waals surface area contributed by atoms with Crippen molar-refractivity contribution in [3.63, 3.8) is 0 Å². The van der Waals surface area contributed by atoms with E-state index in [4.69, 9.17) is 4.74 Å². The first-order valence-electron chi connectivity index (χ1n) is 7.58. The highest BCUT2D eigenvalue weighted by Gasteiger charge is 2.33. The van der Waals surface area contributed by atoms with Gasteiger partial charge in [-0.2, -0.15) is 0 Å². The molecule has 0 saturated heterocycles. The topological polar surface area (TPSA) is 63.2 Å². The first kappa shape index (κ1) is 16.2. The summed E-state index contributed by atoms with van der Waals surface area (Å²) >= 11 is 1.56. The lowest BCUT2D eigenvalue weighted by atomic mass is 9.83. The quantitative estimate of drug-likeness (QED) is 0.813. The van der Waals surface area contributed by atoms with Gasteiger partial charge < -0.3 is 15.4 Å². The molecular weight excluding hydrogens is 286 g/mol. The monoisotopic (exact) mass is 311 g/mol. The van der Waals surface area contributed by atoms with Crippen molar-refractivity contribution in [2.24, 2.45) is 5.41 Å². The van der Waals surface area contributed by atoms with Crippen molar-refractivity contribution in [2.45, 2.75) is 45.1 Å². The van der Waals surface area contributed by atoms with Crippen molar-refractivity contribution < 1.29 is 9.53 Å². The zero-order valence-corrected chi connectivity index (χ0v) is 13.7. The van der Waals surface area contributed by atoms with Crippen molar-refractivity contribution in [3.05, 3.63) is 16.6 Å². The number of thiazole rings is 1. The zero-order chi connectivity index (χ0) is 15.1. The zero-order valence-electron chi connectivity index (χ0n) is 12.9. The summed E-state index contributed by atoms with van der Waals surface area (Å²) in [7, 11) is 1.73. The fourth-order valence-corrected chi connectivity index (χ4v) is 3.63. The van der Waals surface area contributed by atoms with Crippen LogP contribution in [0.5, 0.6) is 0 Å². The molecule has 1 saturated carbocycles. The van der Waals surface area contributed by atoms with Crippen LogP contribution in [0.15, 0.2) is 11.6 Å². The van der Waals surface area contributed by atoms with E-state index in [2.05, 4.69) is 15.6 Å². The smallest absolute Gasteiger partial charge is 0.315 e. The largest absolute Gasteiger partial charge is 0.385 e. The van der Waals surface area contributed by atoms with E-state index in [1.54, 1.807) is 24.6 Å². The normalized spacial score (nSPS) is 18.4. The Morgan fingerprint density at radius 1 is 1.52 bits per heavy atom. The third-order valence-corrected chi connectivity index (χ3v) is 5.25. The summed E-state index contributed by atoms with van der Waals surface area (Å²) in [6.07, 6.45) is 7.64.